The maximum absolute atomic E-state index is 2.39. The van der Waals surface area contributed by atoms with Crippen LogP contribution in [0.1, 0.15) is 46.0 Å². The molecule has 0 aromatic rings. The minimum atomic E-state index is 1.00. The van der Waals surface area contributed by atoms with Gasteiger partial charge in [-0.05, 0) is 18.3 Å². The monoisotopic (exact) mass is 126 g/mol. The minimum Gasteiger partial charge on any atom is -0.0625 e. The van der Waals surface area contributed by atoms with Crippen LogP contribution in [0.3, 0.4) is 0 Å². The lowest BCUT2D eigenvalue weighted by molar-refractivity contribution is 0.423. The molecule has 0 aromatic carbocycles. The van der Waals surface area contributed by atoms with Crippen LogP contribution in [0.2, 0.25) is 0 Å². The average Bonchev–Trinajstić information content (AvgIpc) is 1.93. The molecule has 0 N–H and O–H groups in total. The minimum absolute atomic E-state index is 1.00. The summed E-state index contributed by atoms with van der Waals surface area (Å²) in [5, 5.41) is 0. The SMILES string of the molecule is C[C@@H]1CCCC[C@H](C)C1. The molecule has 0 saturated heterocycles. The summed E-state index contributed by atoms with van der Waals surface area (Å²) in [6.45, 7) is 4.78. The first-order chi connectivity index (χ1) is 4.29. The predicted octanol–water partition coefficient (Wildman–Crippen LogP) is 3.22. The normalized spacial score (nSPS) is 38.0. The van der Waals surface area contributed by atoms with Gasteiger partial charge in [-0.3, -0.25) is 0 Å². The highest BCUT2D eigenvalue weighted by molar-refractivity contribution is 4.64. The molecule has 0 aromatic heterocycles. The van der Waals surface area contributed by atoms with Gasteiger partial charge < -0.3 is 0 Å². The van der Waals surface area contributed by atoms with Gasteiger partial charge in [0.1, 0.15) is 0 Å². The summed E-state index contributed by atoms with van der Waals surface area (Å²) >= 11 is 0. The van der Waals surface area contributed by atoms with Crippen LogP contribution in [0.25, 0.3) is 0 Å². The third-order valence-electron chi connectivity index (χ3n) is 2.45. The van der Waals surface area contributed by atoms with Crippen molar-refractivity contribution in [1.29, 1.82) is 0 Å². The zero-order valence-corrected chi connectivity index (χ0v) is 6.69. The molecule has 2 atom stereocenters. The van der Waals surface area contributed by atoms with Crippen molar-refractivity contribution in [3.63, 3.8) is 0 Å². The average molecular weight is 126 g/mol. The molecule has 0 radical (unpaired) electrons. The highest BCUT2D eigenvalue weighted by Crippen LogP contribution is 2.26. The van der Waals surface area contributed by atoms with E-state index < -0.39 is 0 Å². The van der Waals surface area contributed by atoms with E-state index in [4.69, 9.17) is 0 Å². The van der Waals surface area contributed by atoms with Gasteiger partial charge >= 0.3 is 0 Å². The van der Waals surface area contributed by atoms with Crippen LogP contribution >= 0.6 is 0 Å². The number of hydrogen-bond acceptors (Lipinski definition) is 0. The summed E-state index contributed by atoms with van der Waals surface area (Å²) in [4.78, 5) is 0. The maximum atomic E-state index is 2.39. The molecule has 1 fully saturated rings. The topological polar surface area (TPSA) is 0 Å². The van der Waals surface area contributed by atoms with Crippen LogP contribution < -0.4 is 0 Å². The van der Waals surface area contributed by atoms with Crippen molar-refractivity contribution < 1.29 is 0 Å². The Morgan fingerprint density at radius 1 is 0.889 bits per heavy atom. The molecule has 0 amide bonds. The van der Waals surface area contributed by atoms with Crippen LogP contribution in [0.4, 0.5) is 0 Å². The zero-order chi connectivity index (χ0) is 6.69. The highest BCUT2D eigenvalue weighted by Gasteiger charge is 2.12. The van der Waals surface area contributed by atoms with E-state index in [2.05, 4.69) is 13.8 Å². The Labute approximate surface area is 58.7 Å². The van der Waals surface area contributed by atoms with E-state index >= 15 is 0 Å². The Morgan fingerprint density at radius 2 is 1.33 bits per heavy atom. The van der Waals surface area contributed by atoms with Crippen LogP contribution in [-0.2, 0) is 0 Å². The lowest BCUT2D eigenvalue weighted by Crippen LogP contribution is -1.97. The van der Waals surface area contributed by atoms with Gasteiger partial charge in [0.15, 0.2) is 0 Å². The zero-order valence-electron chi connectivity index (χ0n) is 6.69. The molecule has 1 saturated carbocycles. The second-order valence-corrected chi connectivity index (χ2v) is 3.73. The van der Waals surface area contributed by atoms with Gasteiger partial charge in [0.25, 0.3) is 0 Å². The van der Waals surface area contributed by atoms with E-state index in [-0.39, 0.29) is 0 Å². The number of rotatable bonds is 0. The molecule has 1 aliphatic carbocycles. The second kappa shape index (κ2) is 3.24. The van der Waals surface area contributed by atoms with E-state index in [1.807, 2.05) is 0 Å². The van der Waals surface area contributed by atoms with Gasteiger partial charge in [-0.25, -0.2) is 0 Å². The van der Waals surface area contributed by atoms with Gasteiger partial charge in [-0.15, -0.1) is 0 Å². The first-order valence-corrected chi connectivity index (χ1v) is 4.29. The Morgan fingerprint density at radius 3 is 1.78 bits per heavy atom. The maximum Gasteiger partial charge on any atom is -0.0440 e. The summed E-state index contributed by atoms with van der Waals surface area (Å²) in [6.07, 6.45) is 7.38. The first-order valence-electron chi connectivity index (χ1n) is 4.29. The summed E-state index contributed by atoms with van der Waals surface area (Å²) in [5.41, 5.74) is 0. The van der Waals surface area contributed by atoms with Crippen LogP contribution in [0.5, 0.6) is 0 Å². The van der Waals surface area contributed by atoms with E-state index in [0.29, 0.717) is 0 Å². The Hall–Kier alpha value is 0. The van der Waals surface area contributed by atoms with Gasteiger partial charge in [0, 0.05) is 0 Å². The Kier molecular flexibility index (Phi) is 2.56. The lowest BCUT2D eigenvalue weighted by atomic mass is 9.97. The van der Waals surface area contributed by atoms with Crippen molar-refractivity contribution in [2.45, 2.75) is 46.0 Å². The molecule has 0 heteroatoms. The third-order valence-corrected chi connectivity index (χ3v) is 2.45. The van der Waals surface area contributed by atoms with E-state index in [1.54, 1.807) is 0 Å². The molecule has 0 aliphatic heterocycles. The van der Waals surface area contributed by atoms with Crippen molar-refractivity contribution >= 4 is 0 Å². The molecule has 54 valence electrons. The highest BCUT2D eigenvalue weighted by atomic mass is 14.2. The molecular formula is C9H18. The third kappa shape index (κ3) is 2.38. The van der Waals surface area contributed by atoms with Crippen LogP contribution in [0.15, 0.2) is 0 Å². The summed E-state index contributed by atoms with van der Waals surface area (Å²) in [7, 11) is 0. The van der Waals surface area contributed by atoms with Crippen molar-refractivity contribution in [3.05, 3.63) is 0 Å². The second-order valence-electron chi connectivity index (χ2n) is 3.73. The summed E-state index contributed by atoms with van der Waals surface area (Å²) in [6, 6.07) is 0. The molecule has 1 rings (SSSR count). The molecule has 0 bridgehead atoms. The smallest absolute Gasteiger partial charge is 0.0440 e. The van der Waals surface area contributed by atoms with Gasteiger partial charge in [0.05, 0.1) is 0 Å². The molecule has 9 heavy (non-hydrogen) atoms. The summed E-state index contributed by atoms with van der Waals surface area (Å²) in [5.74, 6) is 2.00. The van der Waals surface area contributed by atoms with Gasteiger partial charge in [-0.2, -0.15) is 0 Å². The molecule has 0 unspecified atom stereocenters. The van der Waals surface area contributed by atoms with Crippen molar-refractivity contribution in [3.8, 4) is 0 Å². The fourth-order valence-electron chi connectivity index (χ4n) is 1.91. The molecular weight excluding hydrogens is 108 g/mol. The van der Waals surface area contributed by atoms with Gasteiger partial charge in [0.2, 0.25) is 0 Å². The van der Waals surface area contributed by atoms with Crippen LogP contribution in [0, 0.1) is 11.8 Å². The number of hydrogen-bond donors (Lipinski definition) is 0. The predicted molar refractivity (Wildman–Crippen MR) is 41.4 cm³/mol. The van der Waals surface area contributed by atoms with Crippen molar-refractivity contribution in [1.82, 2.24) is 0 Å². The van der Waals surface area contributed by atoms with Crippen molar-refractivity contribution in [2.24, 2.45) is 11.8 Å². The fourth-order valence-corrected chi connectivity index (χ4v) is 1.91. The van der Waals surface area contributed by atoms with Crippen LogP contribution in [-0.4, -0.2) is 0 Å². The van der Waals surface area contributed by atoms with E-state index in [1.165, 1.54) is 32.1 Å². The Bertz CT molecular complexity index is 66.1. The Balaban J connectivity index is 2.29. The molecule has 1 aliphatic rings. The van der Waals surface area contributed by atoms with Gasteiger partial charge in [-0.1, -0.05) is 39.5 Å². The van der Waals surface area contributed by atoms with E-state index in [0.717, 1.165) is 11.8 Å². The fraction of sp³-hybridized carbons (Fsp3) is 1.00. The first kappa shape index (κ1) is 7.11. The van der Waals surface area contributed by atoms with E-state index in [9.17, 15) is 0 Å². The molecule has 0 nitrogen and oxygen atoms in total. The molecule has 0 heterocycles. The summed E-state index contributed by atoms with van der Waals surface area (Å²) < 4.78 is 0. The lowest BCUT2D eigenvalue weighted by Gasteiger charge is -2.09. The largest absolute Gasteiger partial charge is 0.0625 e. The van der Waals surface area contributed by atoms with Crippen molar-refractivity contribution in [2.75, 3.05) is 0 Å². The standard InChI is InChI=1S/C9H18/c1-8-5-3-4-6-9(2)7-8/h8-9H,3-7H2,1-2H3/t8-,9+. The molecule has 0 spiro atoms. The quantitative estimate of drug-likeness (QED) is 0.437.